The van der Waals surface area contributed by atoms with E-state index in [2.05, 4.69) is 13.8 Å². The zero-order valence-electron chi connectivity index (χ0n) is 5.99. The molecule has 0 aromatic carbocycles. The summed E-state index contributed by atoms with van der Waals surface area (Å²) >= 11 is 0. The molecular weight excluding hydrogens is 188 g/mol. The van der Waals surface area contributed by atoms with Crippen LogP contribution in [-0.4, -0.2) is 33.4 Å². The summed E-state index contributed by atoms with van der Waals surface area (Å²) in [5.74, 6) is -0.793. The van der Waals surface area contributed by atoms with Crippen molar-refractivity contribution in [3.05, 3.63) is 13.8 Å². The molecular formula is C5H10O4S2. The Morgan fingerprint density at radius 2 is 1.09 bits per heavy atom. The molecule has 66 valence electrons. The lowest BCUT2D eigenvalue weighted by atomic mass is 11.0. The van der Waals surface area contributed by atoms with Gasteiger partial charge in [-0.05, 0) is 13.8 Å². The van der Waals surface area contributed by atoms with Crippen LogP contribution in [0.15, 0.2) is 0 Å². The molecule has 0 aliphatic carbocycles. The van der Waals surface area contributed by atoms with E-state index >= 15 is 0 Å². The Hall–Kier alpha value is -0.100. The number of sulfone groups is 2. The maximum Gasteiger partial charge on any atom is 0.164 e. The first kappa shape index (κ1) is 10.9. The Labute approximate surface area is 67.4 Å². The molecule has 4 nitrogen and oxygen atoms in total. The van der Waals surface area contributed by atoms with Crippen LogP contribution in [0.25, 0.3) is 0 Å². The summed E-state index contributed by atoms with van der Waals surface area (Å²) in [5.41, 5.74) is 0. The average molecular weight is 198 g/mol. The summed E-state index contributed by atoms with van der Waals surface area (Å²) in [4.78, 5) is 0. The lowest BCUT2D eigenvalue weighted by Crippen LogP contribution is -2.19. The Morgan fingerprint density at radius 1 is 0.818 bits per heavy atom. The SMILES string of the molecule is [CH2]CS(=O)(=O)CS(=O)(=O)C[CH2]. The second-order valence-electron chi connectivity index (χ2n) is 2.01. The smallest absolute Gasteiger partial charge is 0.164 e. The van der Waals surface area contributed by atoms with Gasteiger partial charge in [0.15, 0.2) is 24.8 Å². The van der Waals surface area contributed by atoms with Gasteiger partial charge in [-0.15, -0.1) is 0 Å². The summed E-state index contributed by atoms with van der Waals surface area (Å²) in [5, 5.41) is -0.840. The van der Waals surface area contributed by atoms with E-state index in [1.807, 2.05) is 0 Å². The largest absolute Gasteiger partial charge is 0.228 e. The van der Waals surface area contributed by atoms with Gasteiger partial charge in [0.05, 0.1) is 11.5 Å². The lowest BCUT2D eigenvalue weighted by molar-refractivity contribution is 0.592. The number of rotatable bonds is 4. The fraction of sp³-hybridized carbons (Fsp3) is 0.600. The van der Waals surface area contributed by atoms with E-state index in [-0.39, 0.29) is 0 Å². The number of hydrogen-bond donors (Lipinski definition) is 0. The van der Waals surface area contributed by atoms with Gasteiger partial charge in [0.1, 0.15) is 0 Å². The molecule has 0 aliphatic heterocycles. The molecule has 0 aromatic rings. The normalized spacial score (nSPS) is 13.3. The van der Waals surface area contributed by atoms with Crippen molar-refractivity contribution >= 4 is 19.7 Å². The molecule has 0 rings (SSSR count). The molecule has 0 unspecified atom stereocenters. The van der Waals surface area contributed by atoms with Gasteiger partial charge in [-0.1, -0.05) is 0 Å². The van der Waals surface area contributed by atoms with E-state index < -0.39 is 36.3 Å². The van der Waals surface area contributed by atoms with Gasteiger partial charge in [-0.3, -0.25) is 0 Å². The third-order valence-corrected chi connectivity index (χ3v) is 5.10. The highest BCUT2D eigenvalue weighted by Crippen LogP contribution is 1.97. The van der Waals surface area contributed by atoms with Gasteiger partial charge >= 0.3 is 0 Å². The summed E-state index contributed by atoms with van der Waals surface area (Å²) in [6, 6.07) is 0. The molecule has 2 radical (unpaired) electrons. The zero-order chi connectivity index (χ0) is 9.12. The molecule has 0 aliphatic rings. The second-order valence-corrected chi connectivity index (χ2v) is 6.75. The van der Waals surface area contributed by atoms with E-state index in [1.165, 1.54) is 0 Å². The van der Waals surface area contributed by atoms with Crippen LogP contribution in [0.3, 0.4) is 0 Å². The van der Waals surface area contributed by atoms with Gasteiger partial charge < -0.3 is 0 Å². The molecule has 0 spiro atoms. The first-order valence-electron chi connectivity index (χ1n) is 2.82. The molecule has 6 heteroatoms. The summed E-state index contributed by atoms with van der Waals surface area (Å²) in [6.45, 7) is 6.21. The van der Waals surface area contributed by atoms with Crippen molar-refractivity contribution in [1.29, 1.82) is 0 Å². The monoisotopic (exact) mass is 198 g/mol. The van der Waals surface area contributed by atoms with Gasteiger partial charge in [0.25, 0.3) is 0 Å². The van der Waals surface area contributed by atoms with Crippen molar-refractivity contribution in [1.82, 2.24) is 0 Å². The highest BCUT2D eigenvalue weighted by molar-refractivity contribution is 8.08. The van der Waals surface area contributed by atoms with Crippen LogP contribution in [0, 0.1) is 13.8 Å². The van der Waals surface area contributed by atoms with Gasteiger partial charge in [0.2, 0.25) is 0 Å². The summed E-state index contributed by atoms with van der Waals surface area (Å²) < 4.78 is 42.8. The third-order valence-electron chi connectivity index (χ3n) is 0.981. The van der Waals surface area contributed by atoms with Gasteiger partial charge in [-0.2, -0.15) is 0 Å². The highest BCUT2D eigenvalue weighted by atomic mass is 32.3. The lowest BCUT2D eigenvalue weighted by Gasteiger charge is -1.99. The van der Waals surface area contributed by atoms with E-state index in [9.17, 15) is 16.8 Å². The minimum atomic E-state index is -3.53. The Morgan fingerprint density at radius 3 is 1.27 bits per heavy atom. The molecule has 0 saturated carbocycles. The van der Waals surface area contributed by atoms with Crippen LogP contribution in [0.4, 0.5) is 0 Å². The fourth-order valence-corrected chi connectivity index (χ4v) is 3.52. The van der Waals surface area contributed by atoms with Crippen molar-refractivity contribution < 1.29 is 16.8 Å². The van der Waals surface area contributed by atoms with Crippen LogP contribution in [-0.2, 0) is 19.7 Å². The van der Waals surface area contributed by atoms with Crippen LogP contribution >= 0.6 is 0 Å². The van der Waals surface area contributed by atoms with E-state index in [1.54, 1.807) is 0 Å². The van der Waals surface area contributed by atoms with Crippen LogP contribution < -0.4 is 0 Å². The molecule has 0 bridgehead atoms. The maximum absolute atomic E-state index is 10.7. The van der Waals surface area contributed by atoms with E-state index in [4.69, 9.17) is 0 Å². The van der Waals surface area contributed by atoms with Gasteiger partial charge in [0, 0.05) is 0 Å². The molecule has 0 aromatic heterocycles. The van der Waals surface area contributed by atoms with E-state index in [0.29, 0.717) is 0 Å². The van der Waals surface area contributed by atoms with Crippen LogP contribution in [0.1, 0.15) is 0 Å². The first-order valence-corrected chi connectivity index (χ1v) is 6.46. The molecule has 0 N–H and O–H groups in total. The maximum atomic E-state index is 10.7. The second kappa shape index (κ2) is 3.53. The molecule has 0 heterocycles. The average Bonchev–Trinajstić information content (AvgIpc) is 1.86. The minimum Gasteiger partial charge on any atom is -0.228 e. The van der Waals surface area contributed by atoms with Gasteiger partial charge in [-0.25, -0.2) is 16.8 Å². The van der Waals surface area contributed by atoms with Crippen molar-refractivity contribution in [2.45, 2.75) is 0 Å². The fourth-order valence-electron chi connectivity index (χ4n) is 0.391. The predicted octanol–water partition coefficient (Wildman–Crippen LogP) is -0.558. The molecule has 0 fully saturated rings. The highest BCUT2D eigenvalue weighted by Gasteiger charge is 2.18. The molecule has 0 atom stereocenters. The molecule has 0 saturated heterocycles. The van der Waals surface area contributed by atoms with Crippen LogP contribution in [0.5, 0.6) is 0 Å². The quantitative estimate of drug-likeness (QED) is 0.607. The van der Waals surface area contributed by atoms with E-state index in [0.717, 1.165) is 0 Å². The summed E-state index contributed by atoms with van der Waals surface area (Å²) in [6.07, 6.45) is 0. The van der Waals surface area contributed by atoms with Crippen molar-refractivity contribution in [2.24, 2.45) is 0 Å². The first-order chi connectivity index (χ1) is 4.83. The standard InChI is InChI=1S/C5H10O4S2/c1-3-10(6,7)5-11(8,9)4-2/h1-5H2. The summed E-state index contributed by atoms with van der Waals surface area (Å²) in [7, 11) is -7.06. The van der Waals surface area contributed by atoms with Crippen LogP contribution in [0.2, 0.25) is 0 Å². The zero-order valence-corrected chi connectivity index (χ0v) is 7.62. The minimum absolute atomic E-state index is 0.397. The van der Waals surface area contributed by atoms with Crippen molar-refractivity contribution in [3.63, 3.8) is 0 Å². The third kappa shape index (κ3) is 4.36. The Kier molecular flexibility index (Phi) is 3.50. The van der Waals surface area contributed by atoms with Crippen molar-refractivity contribution in [2.75, 3.05) is 16.6 Å². The Balaban J connectivity index is 4.54. The predicted molar refractivity (Wildman–Crippen MR) is 43.2 cm³/mol. The molecule has 0 amide bonds. The topological polar surface area (TPSA) is 68.3 Å². The Bertz CT molecular complexity index is 265. The van der Waals surface area contributed by atoms with Crippen molar-refractivity contribution in [3.8, 4) is 0 Å². The molecule has 11 heavy (non-hydrogen) atoms. The number of hydrogen-bond acceptors (Lipinski definition) is 4.